The third-order valence-electron chi connectivity index (χ3n) is 2.85. The van der Waals surface area contributed by atoms with E-state index in [-0.39, 0.29) is 0 Å². The van der Waals surface area contributed by atoms with Gasteiger partial charge in [-0.1, -0.05) is 58.1 Å². The summed E-state index contributed by atoms with van der Waals surface area (Å²) < 4.78 is 0. The van der Waals surface area contributed by atoms with E-state index in [1.54, 1.807) is 0 Å². The van der Waals surface area contributed by atoms with Crippen LogP contribution in [0.15, 0.2) is 12.2 Å². The summed E-state index contributed by atoms with van der Waals surface area (Å²) in [4.78, 5) is 0. The number of hydrogen-bond donors (Lipinski definition) is 1. The summed E-state index contributed by atoms with van der Waals surface area (Å²) in [6.45, 7) is 4.41. The third kappa shape index (κ3) is 11.6. The van der Waals surface area contributed by atoms with E-state index in [9.17, 15) is 0 Å². The molecule has 1 heteroatoms. The summed E-state index contributed by atoms with van der Waals surface area (Å²) in [5.41, 5.74) is 5.82. The van der Waals surface area contributed by atoms with Crippen LogP contribution in [0, 0.1) is 0 Å². The van der Waals surface area contributed by atoms with Crippen molar-refractivity contribution in [2.24, 2.45) is 5.73 Å². The lowest BCUT2D eigenvalue weighted by Gasteiger charge is -2.02. The van der Waals surface area contributed by atoms with Gasteiger partial charge in [0.05, 0.1) is 0 Å². The fraction of sp³-hybridized carbons (Fsp3) is 0.857. The van der Waals surface area contributed by atoms with Gasteiger partial charge in [-0.15, -0.1) is 0 Å². The molecule has 1 nitrogen and oxygen atoms in total. The highest BCUT2D eigenvalue weighted by Gasteiger charge is 1.93. The molecule has 0 saturated carbocycles. The summed E-state index contributed by atoms with van der Waals surface area (Å²) in [6, 6.07) is 0.366. The Labute approximate surface area is 96.1 Å². The number of rotatable bonds is 10. The van der Waals surface area contributed by atoms with Gasteiger partial charge in [0.15, 0.2) is 0 Å². The Hall–Kier alpha value is -0.300. The van der Waals surface area contributed by atoms with Crippen LogP contribution in [0.4, 0.5) is 0 Å². The highest BCUT2D eigenvalue weighted by Crippen LogP contribution is 2.07. The van der Waals surface area contributed by atoms with E-state index < -0.39 is 0 Å². The van der Waals surface area contributed by atoms with Gasteiger partial charge < -0.3 is 5.73 Å². The van der Waals surface area contributed by atoms with Crippen LogP contribution in [0.2, 0.25) is 0 Å². The first kappa shape index (κ1) is 14.7. The van der Waals surface area contributed by atoms with Crippen LogP contribution in [0.1, 0.15) is 71.6 Å². The first-order valence-corrected chi connectivity index (χ1v) is 6.71. The quantitative estimate of drug-likeness (QED) is 0.420. The molecule has 0 aromatic heterocycles. The Bertz CT molecular complexity index is 140. The molecule has 0 rings (SSSR count). The van der Waals surface area contributed by atoms with E-state index >= 15 is 0 Å². The van der Waals surface area contributed by atoms with Crippen LogP contribution in [0.3, 0.4) is 0 Å². The molecule has 0 aliphatic carbocycles. The Morgan fingerprint density at radius 3 is 2.27 bits per heavy atom. The van der Waals surface area contributed by atoms with E-state index in [0.717, 1.165) is 12.8 Å². The maximum atomic E-state index is 5.82. The van der Waals surface area contributed by atoms with Crippen LogP contribution in [0.25, 0.3) is 0 Å². The summed E-state index contributed by atoms with van der Waals surface area (Å²) in [5.74, 6) is 0. The fourth-order valence-electron chi connectivity index (χ4n) is 1.60. The largest absolute Gasteiger partial charge is 0.327 e. The standard InChI is InChI=1S/C14H29N/c1-3-5-6-7-8-9-10-11-12-13-14(15)4-2/h11-12,14H,3-10,13,15H2,1-2H3/b12-11+. The molecule has 0 saturated heterocycles. The maximum absolute atomic E-state index is 5.82. The van der Waals surface area contributed by atoms with Gasteiger partial charge in [0.25, 0.3) is 0 Å². The predicted octanol–water partition coefficient (Wildman–Crippen LogP) is 4.42. The van der Waals surface area contributed by atoms with Gasteiger partial charge >= 0.3 is 0 Å². The molecule has 0 aromatic rings. The molecule has 0 fully saturated rings. The monoisotopic (exact) mass is 211 g/mol. The van der Waals surface area contributed by atoms with Gasteiger partial charge in [0, 0.05) is 6.04 Å². The van der Waals surface area contributed by atoms with Crippen molar-refractivity contribution in [2.75, 3.05) is 0 Å². The normalized spacial score (nSPS) is 13.5. The van der Waals surface area contributed by atoms with Crippen molar-refractivity contribution in [3.8, 4) is 0 Å². The minimum absolute atomic E-state index is 0.366. The molecule has 0 aromatic carbocycles. The Morgan fingerprint density at radius 1 is 0.933 bits per heavy atom. The molecule has 0 radical (unpaired) electrons. The van der Waals surface area contributed by atoms with Gasteiger partial charge in [-0.05, 0) is 25.7 Å². The van der Waals surface area contributed by atoms with Crippen molar-refractivity contribution in [3.63, 3.8) is 0 Å². The lowest BCUT2D eigenvalue weighted by atomic mass is 10.1. The van der Waals surface area contributed by atoms with Gasteiger partial charge in [-0.2, -0.15) is 0 Å². The van der Waals surface area contributed by atoms with E-state index in [0.29, 0.717) is 6.04 Å². The number of unbranched alkanes of at least 4 members (excludes halogenated alkanes) is 6. The van der Waals surface area contributed by atoms with Crippen LogP contribution >= 0.6 is 0 Å². The first-order chi connectivity index (χ1) is 7.31. The number of allylic oxidation sites excluding steroid dienone is 1. The second-order valence-corrected chi connectivity index (χ2v) is 4.43. The lowest BCUT2D eigenvalue weighted by molar-refractivity contribution is 0.610. The van der Waals surface area contributed by atoms with Gasteiger partial charge in [-0.3, -0.25) is 0 Å². The summed E-state index contributed by atoms with van der Waals surface area (Å²) >= 11 is 0. The topological polar surface area (TPSA) is 26.0 Å². The van der Waals surface area contributed by atoms with Crippen LogP contribution in [-0.2, 0) is 0 Å². The van der Waals surface area contributed by atoms with Crippen molar-refractivity contribution in [1.29, 1.82) is 0 Å². The van der Waals surface area contributed by atoms with E-state index in [1.165, 1.54) is 44.9 Å². The zero-order chi connectivity index (χ0) is 11.4. The van der Waals surface area contributed by atoms with E-state index in [1.807, 2.05) is 0 Å². The Morgan fingerprint density at radius 2 is 1.60 bits per heavy atom. The molecular weight excluding hydrogens is 182 g/mol. The van der Waals surface area contributed by atoms with E-state index in [4.69, 9.17) is 5.73 Å². The second-order valence-electron chi connectivity index (χ2n) is 4.43. The average molecular weight is 211 g/mol. The van der Waals surface area contributed by atoms with Crippen molar-refractivity contribution >= 4 is 0 Å². The van der Waals surface area contributed by atoms with Gasteiger partial charge in [-0.25, -0.2) is 0 Å². The Kier molecular flexibility index (Phi) is 11.5. The molecule has 1 atom stereocenters. The highest BCUT2D eigenvalue weighted by molar-refractivity contribution is 4.84. The average Bonchev–Trinajstić information content (AvgIpc) is 2.26. The molecule has 15 heavy (non-hydrogen) atoms. The van der Waals surface area contributed by atoms with Crippen molar-refractivity contribution < 1.29 is 0 Å². The predicted molar refractivity (Wildman–Crippen MR) is 70.0 cm³/mol. The van der Waals surface area contributed by atoms with Crippen molar-refractivity contribution in [3.05, 3.63) is 12.2 Å². The van der Waals surface area contributed by atoms with E-state index in [2.05, 4.69) is 26.0 Å². The lowest BCUT2D eigenvalue weighted by Crippen LogP contribution is -2.16. The molecule has 0 aliphatic rings. The Balaban J connectivity index is 3.09. The maximum Gasteiger partial charge on any atom is 0.00707 e. The van der Waals surface area contributed by atoms with Crippen LogP contribution in [0.5, 0.6) is 0 Å². The smallest absolute Gasteiger partial charge is 0.00707 e. The molecular formula is C14H29N. The zero-order valence-electron chi connectivity index (χ0n) is 10.7. The molecule has 0 heterocycles. The first-order valence-electron chi connectivity index (χ1n) is 6.71. The fourth-order valence-corrected chi connectivity index (χ4v) is 1.60. The molecule has 90 valence electrons. The summed E-state index contributed by atoms with van der Waals surface area (Å²) in [7, 11) is 0. The van der Waals surface area contributed by atoms with Gasteiger partial charge in [0.2, 0.25) is 0 Å². The minimum atomic E-state index is 0.366. The third-order valence-corrected chi connectivity index (χ3v) is 2.85. The van der Waals surface area contributed by atoms with Gasteiger partial charge in [0.1, 0.15) is 0 Å². The second kappa shape index (κ2) is 11.8. The van der Waals surface area contributed by atoms with Crippen LogP contribution in [-0.4, -0.2) is 6.04 Å². The summed E-state index contributed by atoms with van der Waals surface area (Å²) in [5, 5.41) is 0. The highest BCUT2D eigenvalue weighted by atomic mass is 14.6. The molecule has 0 amide bonds. The number of hydrogen-bond acceptors (Lipinski definition) is 1. The minimum Gasteiger partial charge on any atom is -0.327 e. The molecule has 0 bridgehead atoms. The zero-order valence-corrected chi connectivity index (χ0v) is 10.7. The van der Waals surface area contributed by atoms with Crippen molar-refractivity contribution in [2.45, 2.75) is 77.7 Å². The molecule has 0 spiro atoms. The van der Waals surface area contributed by atoms with Crippen molar-refractivity contribution in [1.82, 2.24) is 0 Å². The molecule has 0 aliphatic heterocycles. The number of nitrogens with two attached hydrogens (primary N) is 1. The molecule has 1 unspecified atom stereocenters. The van der Waals surface area contributed by atoms with Crippen LogP contribution < -0.4 is 5.73 Å². The molecule has 2 N–H and O–H groups in total. The summed E-state index contributed by atoms with van der Waals surface area (Å²) in [6.07, 6.45) is 16.2. The SMILES string of the molecule is CCCCCCCC/C=C/CC(N)CC.